The number of imidazole rings is 1. The first-order chi connectivity index (χ1) is 14.1. The van der Waals surface area contributed by atoms with Crippen LogP contribution in [-0.4, -0.2) is 20.9 Å². The van der Waals surface area contributed by atoms with Crippen molar-refractivity contribution in [2.45, 2.75) is 59.4 Å². The molecule has 0 radical (unpaired) electrons. The molecule has 0 atom stereocenters. The summed E-state index contributed by atoms with van der Waals surface area (Å²) in [6.07, 6.45) is 4.84. The standard InChI is InChI=1S/C25H31N3O2/c1-24(2,3)16-25(4,5)27-22-21(26-20-12-8-9-15-28(20)22)18-10-6-7-11-19(18)30-23(29)17-13-14-17/h6-12,15,17,27H,13-14,16H2,1-5H3. The maximum Gasteiger partial charge on any atom is 0.314 e. The molecule has 0 unspecified atom stereocenters. The van der Waals surface area contributed by atoms with Crippen LogP contribution in [0.15, 0.2) is 48.7 Å². The summed E-state index contributed by atoms with van der Waals surface area (Å²) in [5.41, 5.74) is 2.49. The van der Waals surface area contributed by atoms with E-state index in [9.17, 15) is 4.79 Å². The molecule has 2 heterocycles. The molecule has 5 heteroatoms. The Bertz CT molecular complexity index is 1070. The van der Waals surface area contributed by atoms with E-state index >= 15 is 0 Å². The minimum Gasteiger partial charge on any atom is -0.426 e. The number of carbonyl (C=O) groups is 1. The summed E-state index contributed by atoms with van der Waals surface area (Å²) in [5.74, 6) is 1.38. The Morgan fingerprint density at radius 1 is 1.10 bits per heavy atom. The Morgan fingerprint density at radius 2 is 1.80 bits per heavy atom. The van der Waals surface area contributed by atoms with Crippen molar-refractivity contribution in [2.75, 3.05) is 5.32 Å². The van der Waals surface area contributed by atoms with E-state index in [-0.39, 0.29) is 22.8 Å². The van der Waals surface area contributed by atoms with Crippen LogP contribution >= 0.6 is 0 Å². The number of nitrogens with one attached hydrogen (secondary N) is 1. The van der Waals surface area contributed by atoms with Crippen LogP contribution in [0.25, 0.3) is 16.9 Å². The van der Waals surface area contributed by atoms with Crippen LogP contribution in [0.2, 0.25) is 0 Å². The lowest BCUT2D eigenvalue weighted by molar-refractivity contribution is -0.135. The fourth-order valence-electron chi connectivity index (χ4n) is 4.26. The van der Waals surface area contributed by atoms with Crippen LogP contribution in [0.3, 0.4) is 0 Å². The van der Waals surface area contributed by atoms with Crippen molar-refractivity contribution in [3.63, 3.8) is 0 Å². The molecule has 0 saturated heterocycles. The number of hydrogen-bond acceptors (Lipinski definition) is 4. The summed E-state index contributed by atoms with van der Waals surface area (Å²) in [6.45, 7) is 11.2. The highest BCUT2D eigenvalue weighted by Crippen LogP contribution is 2.39. The second-order valence-corrected chi connectivity index (χ2v) is 10.2. The summed E-state index contributed by atoms with van der Waals surface area (Å²) in [7, 11) is 0. The van der Waals surface area contributed by atoms with Crippen LogP contribution < -0.4 is 10.1 Å². The van der Waals surface area contributed by atoms with Gasteiger partial charge in [0, 0.05) is 17.3 Å². The van der Waals surface area contributed by atoms with Gasteiger partial charge in [0.05, 0.1) is 5.92 Å². The lowest BCUT2D eigenvalue weighted by atomic mass is 9.82. The minimum atomic E-state index is -0.154. The van der Waals surface area contributed by atoms with Gasteiger partial charge in [-0.25, -0.2) is 4.98 Å². The summed E-state index contributed by atoms with van der Waals surface area (Å²) in [5, 5.41) is 3.74. The number of pyridine rings is 1. The van der Waals surface area contributed by atoms with Crippen LogP contribution in [0, 0.1) is 11.3 Å². The second kappa shape index (κ2) is 7.46. The molecule has 3 aromatic rings. The van der Waals surface area contributed by atoms with Gasteiger partial charge in [-0.05, 0) is 62.8 Å². The van der Waals surface area contributed by atoms with Crippen LogP contribution in [0.5, 0.6) is 5.75 Å². The first kappa shape index (κ1) is 20.5. The van der Waals surface area contributed by atoms with Crippen molar-refractivity contribution in [1.29, 1.82) is 0 Å². The van der Waals surface area contributed by atoms with Crippen molar-refractivity contribution in [1.82, 2.24) is 9.38 Å². The van der Waals surface area contributed by atoms with Gasteiger partial charge in [0.2, 0.25) is 0 Å². The normalized spacial score (nSPS) is 14.7. The van der Waals surface area contributed by atoms with E-state index in [2.05, 4.69) is 44.3 Å². The van der Waals surface area contributed by atoms with Crippen molar-refractivity contribution < 1.29 is 9.53 Å². The maximum atomic E-state index is 12.3. The molecule has 1 N–H and O–H groups in total. The Hall–Kier alpha value is -2.82. The van der Waals surface area contributed by atoms with Gasteiger partial charge in [0.15, 0.2) is 0 Å². The number of hydrogen-bond donors (Lipinski definition) is 1. The highest BCUT2D eigenvalue weighted by atomic mass is 16.5. The molecule has 4 rings (SSSR count). The number of benzene rings is 1. The first-order valence-corrected chi connectivity index (χ1v) is 10.7. The van der Waals surface area contributed by atoms with Gasteiger partial charge in [-0.3, -0.25) is 9.20 Å². The number of ether oxygens (including phenoxy) is 1. The highest BCUT2D eigenvalue weighted by molar-refractivity contribution is 5.84. The molecule has 1 aromatic carbocycles. The third-order valence-electron chi connectivity index (χ3n) is 5.22. The number of anilines is 1. The molecule has 0 amide bonds. The first-order valence-electron chi connectivity index (χ1n) is 10.7. The Balaban J connectivity index is 1.78. The van der Waals surface area contributed by atoms with Crippen LogP contribution in [-0.2, 0) is 4.79 Å². The third kappa shape index (κ3) is 4.50. The zero-order valence-electron chi connectivity index (χ0n) is 18.5. The second-order valence-electron chi connectivity index (χ2n) is 10.2. The molecule has 2 aromatic heterocycles. The summed E-state index contributed by atoms with van der Waals surface area (Å²) < 4.78 is 7.84. The van der Waals surface area contributed by atoms with Gasteiger partial charge in [0.25, 0.3) is 0 Å². The molecular weight excluding hydrogens is 374 g/mol. The largest absolute Gasteiger partial charge is 0.426 e. The molecule has 0 aliphatic heterocycles. The summed E-state index contributed by atoms with van der Waals surface area (Å²) in [6, 6.07) is 13.6. The lowest BCUT2D eigenvalue weighted by Crippen LogP contribution is -2.36. The number of rotatable bonds is 6. The van der Waals surface area contributed by atoms with Gasteiger partial charge in [-0.2, -0.15) is 0 Å². The van der Waals surface area contributed by atoms with Gasteiger partial charge in [-0.15, -0.1) is 0 Å². The molecule has 0 bridgehead atoms. The van der Waals surface area contributed by atoms with Crippen LogP contribution in [0.4, 0.5) is 5.82 Å². The van der Waals surface area contributed by atoms with E-state index < -0.39 is 0 Å². The number of fused-ring (bicyclic) bond motifs is 1. The summed E-state index contributed by atoms with van der Waals surface area (Å²) >= 11 is 0. The third-order valence-corrected chi connectivity index (χ3v) is 5.22. The predicted octanol–water partition coefficient (Wildman–Crippen LogP) is 5.94. The van der Waals surface area contributed by atoms with Crippen molar-refractivity contribution >= 4 is 17.4 Å². The van der Waals surface area contributed by atoms with Gasteiger partial charge in [0.1, 0.15) is 22.9 Å². The molecule has 1 fully saturated rings. The van der Waals surface area contributed by atoms with Crippen molar-refractivity contribution in [3.05, 3.63) is 48.7 Å². The molecule has 1 saturated carbocycles. The fourth-order valence-corrected chi connectivity index (χ4v) is 4.26. The molecule has 30 heavy (non-hydrogen) atoms. The van der Waals surface area contributed by atoms with E-state index in [0.29, 0.717) is 5.75 Å². The van der Waals surface area contributed by atoms with Crippen molar-refractivity contribution in [3.8, 4) is 17.0 Å². The van der Waals surface area contributed by atoms with E-state index in [4.69, 9.17) is 9.72 Å². The quantitative estimate of drug-likeness (QED) is 0.407. The smallest absolute Gasteiger partial charge is 0.314 e. The average Bonchev–Trinajstić information content (AvgIpc) is 3.44. The fraction of sp³-hybridized carbons (Fsp3) is 0.440. The minimum absolute atomic E-state index is 0.0439. The number of esters is 1. The van der Waals surface area contributed by atoms with Gasteiger partial charge < -0.3 is 10.1 Å². The van der Waals surface area contributed by atoms with E-state index in [1.54, 1.807) is 0 Å². The monoisotopic (exact) mass is 405 g/mol. The van der Waals surface area contributed by atoms with Crippen LogP contribution in [0.1, 0.15) is 53.9 Å². The SMILES string of the molecule is CC(C)(C)CC(C)(C)Nc1c(-c2ccccc2OC(=O)C2CC2)nc2ccccn12. The Labute approximate surface area is 178 Å². The maximum absolute atomic E-state index is 12.3. The molecule has 5 nitrogen and oxygen atoms in total. The zero-order valence-corrected chi connectivity index (χ0v) is 18.5. The average molecular weight is 406 g/mol. The number of aromatic nitrogens is 2. The summed E-state index contributed by atoms with van der Waals surface area (Å²) in [4.78, 5) is 17.2. The topological polar surface area (TPSA) is 55.6 Å². The molecule has 1 aliphatic carbocycles. The molecule has 1 aliphatic rings. The lowest BCUT2D eigenvalue weighted by Gasteiger charge is -2.34. The zero-order chi connectivity index (χ0) is 21.5. The molecular formula is C25H31N3O2. The number of para-hydroxylation sites is 1. The predicted molar refractivity (Wildman–Crippen MR) is 121 cm³/mol. The molecule has 0 spiro atoms. The Morgan fingerprint density at radius 3 is 2.50 bits per heavy atom. The van der Waals surface area contributed by atoms with E-state index in [1.165, 1.54) is 0 Å². The highest BCUT2D eigenvalue weighted by Gasteiger charge is 2.33. The van der Waals surface area contributed by atoms with Gasteiger partial charge in [-0.1, -0.05) is 39.0 Å². The van der Waals surface area contributed by atoms with Crippen molar-refractivity contribution in [2.24, 2.45) is 11.3 Å². The van der Waals surface area contributed by atoms with E-state index in [1.807, 2.05) is 48.7 Å². The Kier molecular flexibility index (Phi) is 5.08. The van der Waals surface area contributed by atoms with E-state index in [0.717, 1.165) is 42.0 Å². The molecule has 158 valence electrons. The number of carbonyl (C=O) groups excluding carboxylic acids is 1. The number of nitrogens with zero attached hydrogens (tertiary/aromatic N) is 2. The van der Waals surface area contributed by atoms with Gasteiger partial charge >= 0.3 is 5.97 Å².